The zero-order valence-electron chi connectivity index (χ0n) is 30.3. The van der Waals surface area contributed by atoms with Gasteiger partial charge in [0.25, 0.3) is 5.91 Å². The maximum Gasteiger partial charge on any atom is 0.327 e. The van der Waals surface area contributed by atoms with Gasteiger partial charge in [-0.1, -0.05) is 50.6 Å². The molecule has 14 heteroatoms. The van der Waals surface area contributed by atoms with Crippen LogP contribution in [0.3, 0.4) is 0 Å². The van der Waals surface area contributed by atoms with E-state index in [2.05, 4.69) is 39.2 Å². The Hall–Kier alpha value is -3.26. The average Bonchev–Trinajstić information content (AvgIpc) is 3.88. The second-order valence-corrected chi connectivity index (χ2v) is 17.4. The summed E-state index contributed by atoms with van der Waals surface area (Å²) >= 11 is 6.43. The van der Waals surface area contributed by atoms with Crippen LogP contribution in [-0.2, 0) is 31.2 Å². The third-order valence-corrected chi connectivity index (χ3v) is 13.4. The van der Waals surface area contributed by atoms with Crippen molar-refractivity contribution in [2.75, 3.05) is 44.6 Å². The predicted molar refractivity (Wildman–Crippen MR) is 198 cm³/mol. The highest BCUT2D eigenvalue weighted by atomic mass is 35.5. The van der Waals surface area contributed by atoms with Crippen LogP contribution in [0.25, 0.3) is 0 Å². The van der Waals surface area contributed by atoms with Crippen molar-refractivity contribution in [2.24, 2.45) is 28.0 Å². The molecule has 9 atom stereocenters. The summed E-state index contributed by atoms with van der Waals surface area (Å²) in [5.41, 5.74) is 2.97. The number of methoxy groups -OCH3 is 2. The number of rotatable bonds is 5. The Labute approximate surface area is 310 Å². The number of benzene rings is 2. The number of halogens is 3. The van der Waals surface area contributed by atoms with Crippen LogP contribution in [-0.4, -0.2) is 80.5 Å². The van der Waals surface area contributed by atoms with Gasteiger partial charge in [-0.3, -0.25) is 9.52 Å². The van der Waals surface area contributed by atoms with Crippen LogP contribution in [0.2, 0.25) is 5.02 Å². The molecule has 1 spiro atoms. The van der Waals surface area contributed by atoms with E-state index in [1.807, 2.05) is 24.3 Å². The Bertz CT molecular complexity index is 1820. The molecular formula is C38H49ClF2N4O6S. The summed E-state index contributed by atoms with van der Waals surface area (Å²) in [5, 5.41) is 3.16. The highest BCUT2D eigenvalue weighted by Crippen LogP contribution is 2.45. The van der Waals surface area contributed by atoms with Crippen LogP contribution < -0.4 is 19.7 Å². The number of aryl methyl sites for hydroxylation is 1. The van der Waals surface area contributed by atoms with Gasteiger partial charge in [-0.2, -0.15) is 0 Å². The van der Waals surface area contributed by atoms with E-state index < -0.39 is 52.3 Å². The zero-order chi connectivity index (χ0) is 37.4. The minimum atomic E-state index is -3.78. The van der Waals surface area contributed by atoms with Gasteiger partial charge >= 0.3 is 6.03 Å². The van der Waals surface area contributed by atoms with E-state index >= 15 is 0 Å². The highest BCUT2D eigenvalue weighted by Gasteiger charge is 2.46. The van der Waals surface area contributed by atoms with E-state index in [-0.39, 0.29) is 41.1 Å². The molecule has 2 aromatic carbocycles. The normalized spacial score (nSPS) is 34.1. The Kier molecular flexibility index (Phi) is 11.5. The SMILES string of the molecule is CO[C@H]1/C=C/[C@H](OC)[C@H](C)C[S@@](=O)(NC(=O)N[C@H]2CC2C(F)F)=NC(=O)c2ccc3c(c2)N(C[C@H](C)[C@H]1C)C[C@@]1(CCCc2cc(Cl)ccc21)CO3. The number of nitrogens with one attached hydrogen (secondary N) is 2. The Balaban J connectivity index is 1.42. The van der Waals surface area contributed by atoms with Gasteiger partial charge in [-0.15, -0.1) is 4.36 Å². The van der Waals surface area contributed by atoms with Crippen LogP contribution >= 0.6 is 11.6 Å². The monoisotopic (exact) mass is 762 g/mol. The third kappa shape index (κ3) is 8.27. The molecule has 284 valence electrons. The van der Waals surface area contributed by atoms with Crippen molar-refractivity contribution in [3.05, 3.63) is 70.3 Å². The quantitative estimate of drug-likeness (QED) is 0.322. The second-order valence-electron chi connectivity index (χ2n) is 15.0. The summed E-state index contributed by atoms with van der Waals surface area (Å²) < 4.78 is 65.7. The molecule has 6 rings (SSSR count). The zero-order valence-corrected chi connectivity index (χ0v) is 31.9. The van der Waals surface area contributed by atoms with Gasteiger partial charge in [0, 0.05) is 55.3 Å². The number of anilines is 1. The number of carbonyl (C=O) groups is 2. The van der Waals surface area contributed by atoms with Crippen molar-refractivity contribution in [2.45, 2.75) is 76.5 Å². The molecule has 10 nitrogen and oxygen atoms in total. The van der Waals surface area contributed by atoms with Crippen LogP contribution in [0.4, 0.5) is 19.3 Å². The molecule has 2 aliphatic carbocycles. The van der Waals surface area contributed by atoms with E-state index in [0.29, 0.717) is 36.2 Å². The first-order valence-electron chi connectivity index (χ1n) is 17.9. The standard InChI is InChI=1S/C38H49ClF2N4O6S/c1-22-18-45-20-38(14-6-7-25-15-27(39)9-10-29(25)38)21-51-34-11-8-26(16-31(34)45)36(46)43-52(48,44-37(47)42-30-17-28(30)35(40)41)19-23(2)32(49-4)12-13-33(50-5)24(22)3/h8-13,15-16,22-24,28,30,32-33,35H,6-7,14,17-21H2,1-5H3,(H2,42,43,44,46,47,48)/b13-12+/t22-,23+,24+,28?,30-,32-,33-,38-,52-/m0/s1. The number of fused-ring (bicyclic) bond motifs is 3. The summed E-state index contributed by atoms with van der Waals surface area (Å²) in [6, 6.07) is 9.47. The molecule has 0 radical (unpaired) electrons. The lowest BCUT2D eigenvalue weighted by Gasteiger charge is -2.42. The average molecular weight is 763 g/mol. The largest absolute Gasteiger partial charge is 0.490 e. The smallest absolute Gasteiger partial charge is 0.327 e. The molecule has 3 amide bonds. The van der Waals surface area contributed by atoms with Gasteiger partial charge in [0.1, 0.15) is 15.7 Å². The number of hydrogen-bond acceptors (Lipinski definition) is 7. The number of hydrogen-bond donors (Lipinski definition) is 2. The summed E-state index contributed by atoms with van der Waals surface area (Å²) in [4.78, 5) is 29.2. The summed E-state index contributed by atoms with van der Waals surface area (Å²) in [7, 11) is -0.585. The molecule has 2 heterocycles. The Morgan fingerprint density at radius 2 is 1.85 bits per heavy atom. The van der Waals surface area contributed by atoms with Crippen molar-refractivity contribution >= 4 is 39.1 Å². The lowest BCUT2D eigenvalue weighted by Crippen LogP contribution is -2.47. The number of urea groups is 1. The third-order valence-electron chi connectivity index (χ3n) is 11.3. The maximum atomic E-state index is 14.5. The van der Waals surface area contributed by atoms with Gasteiger partial charge in [-0.25, -0.2) is 17.8 Å². The molecule has 2 bridgehead atoms. The topological polar surface area (TPSA) is 119 Å². The van der Waals surface area contributed by atoms with Crippen molar-refractivity contribution in [3.8, 4) is 5.75 Å². The minimum Gasteiger partial charge on any atom is -0.490 e. The fourth-order valence-corrected chi connectivity index (χ4v) is 10.0. The Morgan fingerprint density at radius 1 is 1.10 bits per heavy atom. The summed E-state index contributed by atoms with van der Waals surface area (Å²) in [5.74, 6) is -1.69. The molecule has 0 saturated heterocycles. The summed E-state index contributed by atoms with van der Waals surface area (Å²) in [6.45, 7) is 7.80. The van der Waals surface area contributed by atoms with E-state index in [1.54, 1.807) is 32.2 Å². The molecule has 1 fully saturated rings. The summed E-state index contributed by atoms with van der Waals surface area (Å²) in [6.07, 6.45) is 3.29. The molecular weight excluding hydrogens is 714 g/mol. The first-order chi connectivity index (χ1) is 24.7. The lowest BCUT2D eigenvalue weighted by atomic mass is 9.70. The van der Waals surface area contributed by atoms with Crippen molar-refractivity contribution < 1.29 is 36.8 Å². The van der Waals surface area contributed by atoms with Crippen molar-refractivity contribution in [1.29, 1.82) is 0 Å². The van der Waals surface area contributed by atoms with Crippen molar-refractivity contribution in [1.82, 2.24) is 10.0 Å². The molecule has 52 heavy (non-hydrogen) atoms. The first-order valence-corrected chi connectivity index (χ1v) is 20.0. The van der Waals surface area contributed by atoms with E-state index in [1.165, 1.54) is 18.2 Å². The maximum absolute atomic E-state index is 14.5. The van der Waals surface area contributed by atoms with Gasteiger partial charge in [-0.05, 0) is 84.9 Å². The van der Waals surface area contributed by atoms with Crippen LogP contribution in [0.5, 0.6) is 5.75 Å². The fraction of sp³-hybridized carbons (Fsp3) is 0.579. The van der Waals surface area contributed by atoms with Gasteiger partial charge < -0.3 is 24.4 Å². The number of nitrogens with zero attached hydrogens (tertiary/aromatic N) is 2. The minimum absolute atomic E-state index is 0.0527. The lowest BCUT2D eigenvalue weighted by molar-refractivity contribution is 0.0700. The molecule has 1 unspecified atom stereocenters. The number of amides is 3. The van der Waals surface area contributed by atoms with Crippen LogP contribution in [0.1, 0.15) is 61.5 Å². The highest BCUT2D eigenvalue weighted by molar-refractivity contribution is 7.92. The van der Waals surface area contributed by atoms with E-state index in [0.717, 1.165) is 19.3 Å². The van der Waals surface area contributed by atoms with Crippen LogP contribution in [0, 0.1) is 23.7 Å². The molecule has 2 aliphatic heterocycles. The number of ether oxygens (including phenoxy) is 3. The molecule has 2 N–H and O–H groups in total. The molecule has 1 saturated carbocycles. The van der Waals surface area contributed by atoms with E-state index in [9.17, 15) is 22.6 Å². The molecule has 4 aliphatic rings. The van der Waals surface area contributed by atoms with E-state index in [4.69, 9.17) is 25.8 Å². The van der Waals surface area contributed by atoms with Crippen LogP contribution in [0.15, 0.2) is 52.9 Å². The first kappa shape index (κ1) is 38.5. The van der Waals surface area contributed by atoms with Crippen molar-refractivity contribution in [3.63, 3.8) is 0 Å². The van der Waals surface area contributed by atoms with Gasteiger partial charge in [0.05, 0.1) is 30.3 Å². The Morgan fingerprint density at radius 3 is 2.56 bits per heavy atom. The molecule has 0 aromatic heterocycles. The predicted octanol–water partition coefficient (Wildman–Crippen LogP) is 6.80. The van der Waals surface area contributed by atoms with Gasteiger partial charge in [0.15, 0.2) is 0 Å². The fourth-order valence-electron chi connectivity index (χ4n) is 8.01. The second kappa shape index (κ2) is 15.6. The molecule has 2 aromatic rings. The number of alkyl halides is 2. The number of carbonyl (C=O) groups excluding carboxylic acids is 2. The van der Waals surface area contributed by atoms with Gasteiger partial charge in [0.2, 0.25) is 6.43 Å².